The van der Waals surface area contributed by atoms with Crippen molar-refractivity contribution in [3.05, 3.63) is 59.7 Å². The molecule has 2 atom stereocenters. The molecule has 0 radical (unpaired) electrons. The van der Waals surface area contributed by atoms with Crippen LogP contribution in [-0.4, -0.2) is 11.8 Å². The highest BCUT2D eigenvalue weighted by atomic mass is 19.1. The SMILES string of the molecule is C[C@H]1C[C@@H]1C(=O)Nc1cccc(C(=O)Nc2ccc(F)cc2F)c1. The molecule has 4 nitrogen and oxygen atoms in total. The number of halogens is 2. The highest BCUT2D eigenvalue weighted by Crippen LogP contribution is 2.38. The van der Waals surface area contributed by atoms with E-state index in [4.69, 9.17) is 0 Å². The Kier molecular flexibility index (Phi) is 4.29. The van der Waals surface area contributed by atoms with Gasteiger partial charge in [-0.1, -0.05) is 13.0 Å². The summed E-state index contributed by atoms with van der Waals surface area (Å²) in [5, 5.41) is 5.15. The third-order valence-corrected chi connectivity index (χ3v) is 4.02. The van der Waals surface area contributed by atoms with Gasteiger partial charge >= 0.3 is 0 Å². The molecule has 1 saturated carbocycles. The molecule has 3 rings (SSSR count). The number of hydrogen-bond acceptors (Lipinski definition) is 2. The van der Waals surface area contributed by atoms with Crippen molar-refractivity contribution in [3.8, 4) is 0 Å². The third-order valence-electron chi connectivity index (χ3n) is 4.02. The lowest BCUT2D eigenvalue weighted by Gasteiger charge is -2.09. The van der Waals surface area contributed by atoms with Crippen LogP contribution < -0.4 is 10.6 Å². The minimum atomic E-state index is -0.851. The minimum absolute atomic E-state index is 0.0239. The van der Waals surface area contributed by atoms with Gasteiger partial charge in [-0.2, -0.15) is 0 Å². The van der Waals surface area contributed by atoms with Crippen LogP contribution in [0, 0.1) is 23.5 Å². The van der Waals surface area contributed by atoms with Gasteiger partial charge in [0.2, 0.25) is 5.91 Å². The van der Waals surface area contributed by atoms with Crippen LogP contribution in [0.4, 0.5) is 20.2 Å². The summed E-state index contributed by atoms with van der Waals surface area (Å²) in [6, 6.07) is 9.29. The highest BCUT2D eigenvalue weighted by Gasteiger charge is 2.39. The average molecular weight is 330 g/mol. The molecule has 2 amide bonds. The normalized spacial score (nSPS) is 18.8. The molecule has 2 aromatic rings. The molecule has 2 N–H and O–H groups in total. The fraction of sp³-hybridized carbons (Fsp3) is 0.222. The molecule has 0 spiro atoms. The predicted molar refractivity (Wildman–Crippen MR) is 86.7 cm³/mol. The smallest absolute Gasteiger partial charge is 0.255 e. The lowest BCUT2D eigenvalue weighted by molar-refractivity contribution is -0.117. The van der Waals surface area contributed by atoms with E-state index in [9.17, 15) is 18.4 Å². The largest absolute Gasteiger partial charge is 0.326 e. The van der Waals surface area contributed by atoms with E-state index in [1.807, 2.05) is 6.92 Å². The molecular formula is C18H16F2N2O2. The fourth-order valence-electron chi connectivity index (χ4n) is 2.45. The molecule has 124 valence electrons. The number of rotatable bonds is 4. The van der Waals surface area contributed by atoms with E-state index in [0.29, 0.717) is 17.7 Å². The first kappa shape index (κ1) is 16.1. The van der Waals surface area contributed by atoms with E-state index in [1.165, 1.54) is 6.07 Å². The Morgan fingerprint density at radius 1 is 1.08 bits per heavy atom. The minimum Gasteiger partial charge on any atom is -0.326 e. The van der Waals surface area contributed by atoms with Crippen molar-refractivity contribution in [1.29, 1.82) is 0 Å². The second kappa shape index (κ2) is 6.39. The number of anilines is 2. The fourth-order valence-corrected chi connectivity index (χ4v) is 2.45. The van der Waals surface area contributed by atoms with Crippen LogP contribution >= 0.6 is 0 Å². The Morgan fingerprint density at radius 2 is 1.83 bits per heavy atom. The maximum absolute atomic E-state index is 13.6. The molecule has 2 aromatic carbocycles. The monoisotopic (exact) mass is 330 g/mol. The van der Waals surface area contributed by atoms with E-state index in [-0.39, 0.29) is 23.1 Å². The summed E-state index contributed by atoms with van der Waals surface area (Å²) < 4.78 is 26.5. The van der Waals surface area contributed by atoms with Gasteiger partial charge in [0.25, 0.3) is 5.91 Å². The zero-order chi connectivity index (χ0) is 17.3. The molecule has 1 aliphatic carbocycles. The molecule has 1 fully saturated rings. The lowest BCUT2D eigenvalue weighted by Crippen LogP contribution is -2.16. The first-order valence-electron chi connectivity index (χ1n) is 7.61. The summed E-state index contributed by atoms with van der Waals surface area (Å²) in [7, 11) is 0. The van der Waals surface area contributed by atoms with Crippen LogP contribution in [0.5, 0.6) is 0 Å². The number of amides is 2. The molecule has 0 unspecified atom stereocenters. The van der Waals surface area contributed by atoms with Gasteiger partial charge < -0.3 is 10.6 Å². The predicted octanol–water partition coefficient (Wildman–Crippen LogP) is 3.81. The van der Waals surface area contributed by atoms with Crippen molar-refractivity contribution in [2.75, 3.05) is 10.6 Å². The van der Waals surface area contributed by atoms with Crippen LogP contribution in [-0.2, 0) is 4.79 Å². The third kappa shape index (κ3) is 3.59. The van der Waals surface area contributed by atoms with E-state index >= 15 is 0 Å². The Hall–Kier alpha value is -2.76. The van der Waals surface area contributed by atoms with Gasteiger partial charge in [0.05, 0.1) is 5.69 Å². The van der Waals surface area contributed by atoms with Crippen LogP contribution in [0.2, 0.25) is 0 Å². The van der Waals surface area contributed by atoms with Gasteiger partial charge in [0.1, 0.15) is 11.6 Å². The maximum Gasteiger partial charge on any atom is 0.255 e. The first-order valence-corrected chi connectivity index (χ1v) is 7.61. The Balaban J connectivity index is 1.70. The van der Waals surface area contributed by atoms with Gasteiger partial charge in [0, 0.05) is 23.2 Å². The van der Waals surface area contributed by atoms with Crippen molar-refractivity contribution in [2.45, 2.75) is 13.3 Å². The number of hydrogen-bond donors (Lipinski definition) is 2. The highest BCUT2D eigenvalue weighted by molar-refractivity contribution is 6.05. The van der Waals surface area contributed by atoms with Gasteiger partial charge in [-0.15, -0.1) is 0 Å². The molecular weight excluding hydrogens is 314 g/mol. The van der Waals surface area contributed by atoms with E-state index in [1.54, 1.807) is 18.2 Å². The zero-order valence-corrected chi connectivity index (χ0v) is 13.0. The van der Waals surface area contributed by atoms with Crippen molar-refractivity contribution < 1.29 is 18.4 Å². The number of carbonyl (C=O) groups is 2. The molecule has 1 aliphatic rings. The van der Waals surface area contributed by atoms with Crippen LogP contribution in [0.3, 0.4) is 0 Å². The summed E-state index contributed by atoms with van der Waals surface area (Å²) in [5.74, 6) is -1.77. The average Bonchev–Trinajstić information content (AvgIpc) is 3.27. The maximum atomic E-state index is 13.6. The lowest BCUT2D eigenvalue weighted by atomic mass is 10.1. The van der Waals surface area contributed by atoms with Gasteiger partial charge in [0.15, 0.2) is 0 Å². The molecule has 0 heterocycles. The van der Waals surface area contributed by atoms with E-state index in [0.717, 1.165) is 18.6 Å². The van der Waals surface area contributed by atoms with Gasteiger partial charge in [-0.05, 0) is 42.7 Å². The first-order chi connectivity index (χ1) is 11.4. The van der Waals surface area contributed by atoms with E-state index in [2.05, 4.69) is 10.6 Å². The van der Waals surface area contributed by atoms with E-state index < -0.39 is 17.5 Å². The second-order valence-electron chi connectivity index (χ2n) is 5.97. The molecule has 0 bridgehead atoms. The van der Waals surface area contributed by atoms with Gasteiger partial charge in [-0.3, -0.25) is 9.59 Å². The Morgan fingerprint density at radius 3 is 2.50 bits per heavy atom. The second-order valence-corrected chi connectivity index (χ2v) is 5.97. The van der Waals surface area contributed by atoms with Crippen LogP contribution in [0.1, 0.15) is 23.7 Å². The Bertz CT molecular complexity index is 807. The topological polar surface area (TPSA) is 58.2 Å². The summed E-state index contributed by atoms with van der Waals surface area (Å²) in [6.45, 7) is 2.01. The Labute approximate surface area is 137 Å². The standard InChI is InChI=1S/C18H16F2N2O2/c1-10-7-14(10)18(24)21-13-4-2-3-11(8-13)17(23)22-16-6-5-12(19)9-15(16)20/h2-6,8-10,14H,7H2,1H3,(H,21,24)(H,22,23)/t10-,14-/m0/s1. The van der Waals surface area contributed by atoms with Crippen molar-refractivity contribution in [1.82, 2.24) is 0 Å². The number of carbonyl (C=O) groups excluding carboxylic acids is 2. The van der Waals surface area contributed by atoms with Crippen LogP contribution in [0.15, 0.2) is 42.5 Å². The van der Waals surface area contributed by atoms with Crippen molar-refractivity contribution in [2.24, 2.45) is 11.8 Å². The molecule has 0 aliphatic heterocycles. The van der Waals surface area contributed by atoms with Gasteiger partial charge in [-0.25, -0.2) is 8.78 Å². The summed E-state index contributed by atoms with van der Waals surface area (Å²) in [4.78, 5) is 24.1. The molecule has 24 heavy (non-hydrogen) atoms. The quantitative estimate of drug-likeness (QED) is 0.895. The molecule has 6 heteroatoms. The number of benzene rings is 2. The van der Waals surface area contributed by atoms with Crippen molar-refractivity contribution >= 4 is 23.2 Å². The van der Waals surface area contributed by atoms with Crippen LogP contribution in [0.25, 0.3) is 0 Å². The van der Waals surface area contributed by atoms with Crippen molar-refractivity contribution in [3.63, 3.8) is 0 Å². The molecule has 0 aromatic heterocycles. The molecule has 0 saturated heterocycles. The summed E-state index contributed by atoms with van der Waals surface area (Å²) in [6.07, 6.45) is 0.871. The number of nitrogens with one attached hydrogen (secondary N) is 2. The zero-order valence-electron chi connectivity index (χ0n) is 13.0. The summed E-state index contributed by atoms with van der Waals surface area (Å²) in [5.41, 5.74) is 0.661. The summed E-state index contributed by atoms with van der Waals surface area (Å²) >= 11 is 0.